The third kappa shape index (κ3) is 3.80. The molecule has 0 saturated carbocycles. The summed E-state index contributed by atoms with van der Waals surface area (Å²) in [4.78, 5) is 4.52. The molecule has 0 aliphatic carbocycles. The minimum absolute atomic E-state index is 0.0328. The van der Waals surface area contributed by atoms with Crippen LogP contribution < -0.4 is 5.32 Å². The number of hydrogen-bond acceptors (Lipinski definition) is 2. The fraction of sp³-hybridized carbons (Fsp3) is 0.353. The quantitative estimate of drug-likeness (QED) is 0.859. The maximum absolute atomic E-state index is 13.6. The van der Waals surface area contributed by atoms with E-state index in [0.717, 1.165) is 24.2 Å². The molecule has 21 heavy (non-hydrogen) atoms. The smallest absolute Gasteiger partial charge is 0.142 e. The van der Waals surface area contributed by atoms with E-state index in [1.54, 1.807) is 12.3 Å². The lowest BCUT2D eigenvalue weighted by molar-refractivity contribution is 0.530. The van der Waals surface area contributed by atoms with Crippen LogP contribution in [0.2, 0.25) is 5.02 Å². The van der Waals surface area contributed by atoms with Crippen LogP contribution in [0.15, 0.2) is 36.5 Å². The molecule has 2 rings (SSSR count). The molecule has 2 aromatic rings. The van der Waals surface area contributed by atoms with Crippen LogP contribution in [0, 0.1) is 5.82 Å². The summed E-state index contributed by atoms with van der Waals surface area (Å²) < 4.78 is 13.6. The van der Waals surface area contributed by atoms with E-state index in [-0.39, 0.29) is 16.9 Å². The van der Waals surface area contributed by atoms with Crippen LogP contribution in [0.25, 0.3) is 0 Å². The number of nitrogens with one attached hydrogen (secondary N) is 1. The Balaban J connectivity index is 2.33. The second kappa shape index (κ2) is 7.53. The first-order valence-electron chi connectivity index (χ1n) is 7.27. The molecular formula is C17H20ClFN2. The number of aryl methyl sites for hydroxylation is 1. The molecule has 1 unspecified atom stereocenters. The van der Waals surface area contributed by atoms with Crippen molar-refractivity contribution in [2.45, 2.75) is 32.7 Å². The van der Waals surface area contributed by atoms with E-state index in [4.69, 9.17) is 11.6 Å². The van der Waals surface area contributed by atoms with Gasteiger partial charge in [0.05, 0.1) is 16.8 Å². The highest BCUT2D eigenvalue weighted by Crippen LogP contribution is 2.26. The number of aromatic nitrogens is 1. The zero-order valence-corrected chi connectivity index (χ0v) is 13.1. The highest BCUT2D eigenvalue weighted by molar-refractivity contribution is 6.31. The van der Waals surface area contributed by atoms with Crippen molar-refractivity contribution >= 4 is 11.6 Å². The molecule has 0 spiro atoms. The maximum atomic E-state index is 13.6. The Bertz CT molecular complexity index is 601. The fourth-order valence-electron chi connectivity index (χ4n) is 2.50. The summed E-state index contributed by atoms with van der Waals surface area (Å²) in [7, 11) is 0. The molecule has 0 saturated heterocycles. The number of hydrogen-bond donors (Lipinski definition) is 1. The molecule has 112 valence electrons. The average molecular weight is 307 g/mol. The third-order valence-electron chi connectivity index (χ3n) is 3.54. The van der Waals surface area contributed by atoms with E-state index in [1.165, 1.54) is 11.6 Å². The van der Waals surface area contributed by atoms with Crippen molar-refractivity contribution < 1.29 is 4.39 Å². The highest BCUT2D eigenvalue weighted by Gasteiger charge is 2.18. The van der Waals surface area contributed by atoms with E-state index >= 15 is 0 Å². The normalized spacial score (nSPS) is 12.4. The molecule has 0 aliphatic rings. The zero-order valence-electron chi connectivity index (χ0n) is 12.4. The Morgan fingerprint density at radius 2 is 1.95 bits per heavy atom. The molecule has 1 atom stereocenters. The van der Waals surface area contributed by atoms with Gasteiger partial charge in [0.1, 0.15) is 5.82 Å². The average Bonchev–Trinajstić information content (AvgIpc) is 2.51. The lowest BCUT2D eigenvalue weighted by Crippen LogP contribution is -2.25. The van der Waals surface area contributed by atoms with Crippen LogP contribution in [0.4, 0.5) is 4.39 Å². The molecule has 0 aliphatic heterocycles. The van der Waals surface area contributed by atoms with Crippen LogP contribution in [0.3, 0.4) is 0 Å². The van der Waals surface area contributed by atoms with Gasteiger partial charge in [0.2, 0.25) is 0 Å². The number of rotatable bonds is 6. The minimum atomic E-state index is -0.374. The standard InChI is InChI=1S/C17H20ClFN2/c1-3-12-8-6-10-21-17(12)15(20-4-2)11-13-7-5-9-14(19)16(13)18/h5-10,15,20H,3-4,11H2,1-2H3. The van der Waals surface area contributed by atoms with Gasteiger partial charge in [-0.15, -0.1) is 0 Å². The summed E-state index contributed by atoms with van der Waals surface area (Å²) in [5.74, 6) is -0.374. The van der Waals surface area contributed by atoms with Crippen LogP contribution in [-0.4, -0.2) is 11.5 Å². The molecular weight excluding hydrogens is 287 g/mol. The lowest BCUT2D eigenvalue weighted by Gasteiger charge is -2.20. The van der Waals surface area contributed by atoms with Crippen molar-refractivity contribution in [3.8, 4) is 0 Å². The molecule has 0 bridgehead atoms. The zero-order chi connectivity index (χ0) is 15.2. The van der Waals surface area contributed by atoms with E-state index in [2.05, 4.69) is 30.2 Å². The minimum Gasteiger partial charge on any atom is -0.309 e. The van der Waals surface area contributed by atoms with Crippen molar-refractivity contribution in [3.63, 3.8) is 0 Å². The van der Waals surface area contributed by atoms with Crippen molar-refractivity contribution in [1.29, 1.82) is 0 Å². The van der Waals surface area contributed by atoms with Gasteiger partial charge in [0, 0.05) is 6.20 Å². The Labute approximate surface area is 130 Å². The van der Waals surface area contributed by atoms with Crippen molar-refractivity contribution in [3.05, 3.63) is 64.2 Å². The van der Waals surface area contributed by atoms with Crippen LogP contribution in [-0.2, 0) is 12.8 Å². The van der Waals surface area contributed by atoms with Crippen molar-refractivity contribution in [2.75, 3.05) is 6.54 Å². The monoisotopic (exact) mass is 306 g/mol. The third-order valence-corrected chi connectivity index (χ3v) is 3.97. The highest BCUT2D eigenvalue weighted by atomic mass is 35.5. The largest absolute Gasteiger partial charge is 0.309 e. The molecule has 1 aromatic carbocycles. The first-order chi connectivity index (χ1) is 10.2. The number of halogens is 2. The summed E-state index contributed by atoms with van der Waals surface area (Å²) in [6, 6.07) is 9.00. The van der Waals surface area contributed by atoms with Gasteiger partial charge in [0.15, 0.2) is 0 Å². The summed E-state index contributed by atoms with van der Waals surface area (Å²) >= 11 is 6.08. The Morgan fingerprint density at radius 1 is 1.19 bits per heavy atom. The Morgan fingerprint density at radius 3 is 2.67 bits per heavy atom. The van der Waals surface area contributed by atoms with Gasteiger partial charge >= 0.3 is 0 Å². The number of pyridine rings is 1. The van der Waals surface area contributed by atoms with E-state index in [1.807, 2.05) is 12.1 Å². The first-order valence-corrected chi connectivity index (χ1v) is 7.65. The lowest BCUT2D eigenvalue weighted by atomic mass is 9.98. The second-order valence-electron chi connectivity index (χ2n) is 4.93. The van der Waals surface area contributed by atoms with Gasteiger partial charge < -0.3 is 5.32 Å². The molecule has 2 nitrogen and oxygen atoms in total. The Kier molecular flexibility index (Phi) is 5.71. The van der Waals surface area contributed by atoms with Gasteiger partial charge in [0.25, 0.3) is 0 Å². The topological polar surface area (TPSA) is 24.9 Å². The maximum Gasteiger partial charge on any atom is 0.142 e. The van der Waals surface area contributed by atoms with Crippen molar-refractivity contribution in [1.82, 2.24) is 10.3 Å². The molecule has 4 heteroatoms. The second-order valence-corrected chi connectivity index (χ2v) is 5.31. The van der Waals surface area contributed by atoms with Gasteiger partial charge in [-0.2, -0.15) is 0 Å². The van der Waals surface area contributed by atoms with Crippen molar-refractivity contribution in [2.24, 2.45) is 0 Å². The van der Waals surface area contributed by atoms with E-state index in [9.17, 15) is 4.39 Å². The predicted octanol–water partition coefficient (Wildman–Crippen LogP) is 4.33. The summed E-state index contributed by atoms with van der Waals surface area (Å²) in [5, 5.41) is 3.63. The first kappa shape index (κ1) is 15.9. The van der Waals surface area contributed by atoms with E-state index in [0.29, 0.717) is 6.42 Å². The van der Waals surface area contributed by atoms with Gasteiger partial charge in [-0.3, -0.25) is 4.98 Å². The SMILES string of the molecule is CCNC(Cc1cccc(F)c1Cl)c1ncccc1CC. The molecule has 0 fully saturated rings. The number of likely N-dealkylation sites (N-methyl/N-ethyl adjacent to an activating group) is 1. The van der Waals surface area contributed by atoms with Gasteiger partial charge in [-0.1, -0.05) is 43.6 Å². The van der Waals surface area contributed by atoms with Gasteiger partial charge in [-0.25, -0.2) is 4.39 Å². The summed E-state index contributed by atoms with van der Waals surface area (Å²) in [6.07, 6.45) is 3.34. The Hall–Kier alpha value is -1.45. The van der Waals surface area contributed by atoms with Crippen LogP contribution in [0.5, 0.6) is 0 Å². The number of benzene rings is 1. The molecule has 1 heterocycles. The number of nitrogens with zero attached hydrogens (tertiary/aromatic N) is 1. The predicted molar refractivity (Wildman–Crippen MR) is 85.1 cm³/mol. The fourth-order valence-corrected chi connectivity index (χ4v) is 2.70. The molecule has 1 aromatic heterocycles. The molecule has 0 radical (unpaired) electrons. The van der Waals surface area contributed by atoms with Gasteiger partial charge in [-0.05, 0) is 42.6 Å². The molecule has 0 amide bonds. The van der Waals surface area contributed by atoms with Crippen LogP contribution in [0.1, 0.15) is 36.7 Å². The van der Waals surface area contributed by atoms with E-state index < -0.39 is 0 Å². The summed E-state index contributed by atoms with van der Waals surface area (Å²) in [5.41, 5.74) is 3.02. The summed E-state index contributed by atoms with van der Waals surface area (Å²) in [6.45, 7) is 4.98. The van der Waals surface area contributed by atoms with Crippen LogP contribution >= 0.6 is 11.6 Å². The molecule has 1 N–H and O–H groups in total.